The Morgan fingerprint density at radius 2 is 2.14 bits per heavy atom. The number of nitrogens with one attached hydrogen (secondary N) is 1. The first-order valence-corrected chi connectivity index (χ1v) is 11.4. The number of carbonyl (C=O) groups excluding carboxylic acids is 2. The van der Waals surface area contributed by atoms with Crippen molar-refractivity contribution in [2.24, 2.45) is 11.7 Å². The van der Waals surface area contributed by atoms with E-state index in [4.69, 9.17) is 10.7 Å². The number of carbonyl (C=O) groups is 2. The second-order valence-electron chi connectivity index (χ2n) is 7.58. The number of likely N-dealkylation sites (tertiary alicyclic amines) is 1. The van der Waals surface area contributed by atoms with Crippen molar-refractivity contribution in [2.75, 3.05) is 11.9 Å². The Morgan fingerprint density at radius 1 is 1.39 bits per heavy atom. The normalized spacial score (nSPS) is 23.1. The van der Waals surface area contributed by atoms with Gasteiger partial charge in [0.1, 0.15) is 5.54 Å². The Morgan fingerprint density at radius 3 is 2.79 bits per heavy atom. The van der Waals surface area contributed by atoms with E-state index >= 15 is 0 Å². The lowest BCUT2D eigenvalue weighted by Gasteiger charge is -2.25. The predicted octanol–water partition coefficient (Wildman–Crippen LogP) is 3.96. The molecule has 0 bridgehead atoms. The van der Waals surface area contributed by atoms with Crippen LogP contribution in [-0.2, 0) is 4.79 Å². The van der Waals surface area contributed by atoms with E-state index in [-0.39, 0.29) is 11.9 Å². The number of rotatable bonds is 6. The molecule has 2 atom stereocenters. The summed E-state index contributed by atoms with van der Waals surface area (Å²) in [5.41, 5.74) is 6.55. The van der Waals surface area contributed by atoms with Crippen molar-refractivity contribution in [3.63, 3.8) is 0 Å². The Labute approximate surface area is 172 Å². The lowest BCUT2D eigenvalue weighted by Crippen LogP contribution is -2.50. The van der Waals surface area contributed by atoms with E-state index in [1.807, 2.05) is 6.92 Å². The minimum absolute atomic E-state index is 0.211. The largest absolute Gasteiger partial charge is 0.368 e. The van der Waals surface area contributed by atoms with Gasteiger partial charge in [0, 0.05) is 17.8 Å². The van der Waals surface area contributed by atoms with Crippen LogP contribution in [0.25, 0.3) is 10.6 Å². The van der Waals surface area contributed by atoms with E-state index in [1.54, 1.807) is 16.2 Å². The van der Waals surface area contributed by atoms with Crippen molar-refractivity contribution in [2.45, 2.75) is 57.9 Å². The number of nitrogens with two attached hydrogens (primary N) is 1. The molecule has 1 saturated carbocycles. The van der Waals surface area contributed by atoms with E-state index in [9.17, 15) is 9.59 Å². The zero-order valence-corrected chi connectivity index (χ0v) is 18.0. The summed E-state index contributed by atoms with van der Waals surface area (Å²) in [7, 11) is 0. The second kappa shape index (κ2) is 7.11. The molecule has 2 aromatic rings. The van der Waals surface area contributed by atoms with E-state index in [0.717, 1.165) is 40.5 Å². The van der Waals surface area contributed by atoms with Gasteiger partial charge < -0.3 is 10.6 Å². The maximum atomic E-state index is 12.7. The van der Waals surface area contributed by atoms with Crippen molar-refractivity contribution in [3.05, 3.63) is 16.1 Å². The van der Waals surface area contributed by atoms with Crippen LogP contribution in [0.3, 0.4) is 0 Å². The number of amides is 3. The van der Waals surface area contributed by atoms with Crippen LogP contribution in [0.2, 0.25) is 0 Å². The summed E-state index contributed by atoms with van der Waals surface area (Å²) in [6, 6.07) is -0.296. The molecule has 7 nitrogen and oxygen atoms in total. The maximum Gasteiger partial charge on any atom is 0.324 e. The first kappa shape index (κ1) is 19.3. The smallest absolute Gasteiger partial charge is 0.324 e. The van der Waals surface area contributed by atoms with E-state index in [1.165, 1.54) is 11.3 Å². The first-order chi connectivity index (χ1) is 13.4. The minimum atomic E-state index is -0.779. The fraction of sp³-hybridized carbons (Fsp3) is 0.579. The average Bonchev–Trinajstić information content (AvgIpc) is 2.99. The SMILES string of the molecule is CCC(CC)c1nc(-c2sc(NC(=O)N3CC[C@@H]4C[C@@]43C(N)=O)nc2C)cs1. The monoisotopic (exact) mass is 419 g/mol. The van der Waals surface area contributed by atoms with Gasteiger partial charge >= 0.3 is 6.03 Å². The zero-order chi connectivity index (χ0) is 20.1. The van der Waals surface area contributed by atoms with Crippen LogP contribution in [0.1, 0.15) is 56.2 Å². The average molecular weight is 420 g/mol. The molecule has 2 aromatic heterocycles. The summed E-state index contributed by atoms with van der Waals surface area (Å²) in [6.45, 7) is 6.85. The third-order valence-corrected chi connectivity index (χ3v) is 8.13. The maximum absolute atomic E-state index is 12.7. The van der Waals surface area contributed by atoms with Crippen molar-refractivity contribution >= 4 is 39.7 Å². The molecule has 0 unspecified atom stereocenters. The molecule has 3 heterocycles. The number of nitrogens with zero attached hydrogens (tertiary/aromatic N) is 3. The quantitative estimate of drug-likeness (QED) is 0.740. The highest BCUT2D eigenvalue weighted by Gasteiger charge is 2.67. The molecule has 2 fully saturated rings. The number of aromatic nitrogens is 2. The van der Waals surface area contributed by atoms with Crippen molar-refractivity contribution < 1.29 is 9.59 Å². The molecule has 0 aromatic carbocycles. The summed E-state index contributed by atoms with van der Waals surface area (Å²) < 4.78 is 0. The highest BCUT2D eigenvalue weighted by atomic mass is 32.1. The molecule has 3 N–H and O–H groups in total. The number of fused-ring (bicyclic) bond motifs is 1. The van der Waals surface area contributed by atoms with Crippen LogP contribution < -0.4 is 11.1 Å². The molecule has 28 heavy (non-hydrogen) atoms. The summed E-state index contributed by atoms with van der Waals surface area (Å²) >= 11 is 3.10. The van der Waals surface area contributed by atoms with Gasteiger partial charge in [0.05, 0.1) is 21.3 Å². The van der Waals surface area contributed by atoms with Gasteiger partial charge in [-0.3, -0.25) is 10.1 Å². The van der Waals surface area contributed by atoms with Crippen molar-refractivity contribution in [3.8, 4) is 10.6 Å². The van der Waals surface area contributed by atoms with E-state index < -0.39 is 11.4 Å². The highest BCUT2D eigenvalue weighted by Crippen LogP contribution is 2.55. The summed E-state index contributed by atoms with van der Waals surface area (Å²) in [5, 5.41) is 6.61. The van der Waals surface area contributed by atoms with Gasteiger partial charge in [-0.1, -0.05) is 25.2 Å². The Hall–Kier alpha value is -2.00. The van der Waals surface area contributed by atoms with Gasteiger partial charge in [-0.2, -0.15) is 0 Å². The van der Waals surface area contributed by atoms with Crippen LogP contribution in [0.15, 0.2) is 5.38 Å². The van der Waals surface area contributed by atoms with Crippen LogP contribution in [0.5, 0.6) is 0 Å². The Balaban J connectivity index is 1.51. The van der Waals surface area contributed by atoms with Crippen LogP contribution in [0, 0.1) is 12.8 Å². The predicted molar refractivity (Wildman–Crippen MR) is 112 cm³/mol. The van der Waals surface area contributed by atoms with Crippen molar-refractivity contribution in [1.82, 2.24) is 14.9 Å². The molecule has 9 heteroatoms. The first-order valence-electron chi connectivity index (χ1n) is 9.72. The summed E-state index contributed by atoms with van der Waals surface area (Å²) in [6.07, 6.45) is 3.65. The zero-order valence-electron chi connectivity index (χ0n) is 16.3. The highest BCUT2D eigenvalue weighted by molar-refractivity contribution is 7.19. The fourth-order valence-electron chi connectivity index (χ4n) is 4.25. The van der Waals surface area contributed by atoms with Gasteiger partial charge in [0.2, 0.25) is 5.91 Å². The van der Waals surface area contributed by atoms with Crippen LogP contribution >= 0.6 is 22.7 Å². The van der Waals surface area contributed by atoms with Crippen LogP contribution in [-0.4, -0.2) is 38.9 Å². The topological polar surface area (TPSA) is 101 Å². The van der Waals surface area contributed by atoms with Gasteiger partial charge in [0.15, 0.2) is 5.13 Å². The van der Waals surface area contributed by atoms with Gasteiger partial charge in [-0.15, -0.1) is 11.3 Å². The molecule has 1 aliphatic carbocycles. The number of thiazole rings is 2. The lowest BCUT2D eigenvalue weighted by molar-refractivity contribution is -0.123. The molecular weight excluding hydrogens is 394 g/mol. The molecule has 4 rings (SSSR count). The van der Waals surface area contributed by atoms with Crippen molar-refractivity contribution in [1.29, 1.82) is 0 Å². The third kappa shape index (κ3) is 3.00. The second-order valence-corrected chi connectivity index (χ2v) is 9.47. The lowest BCUT2D eigenvalue weighted by atomic mass is 10.1. The van der Waals surface area contributed by atoms with Crippen LogP contribution in [0.4, 0.5) is 9.93 Å². The number of primary amides is 1. The molecule has 0 radical (unpaired) electrons. The van der Waals surface area contributed by atoms with Gasteiger partial charge in [-0.25, -0.2) is 14.8 Å². The van der Waals surface area contributed by atoms with Gasteiger partial charge in [-0.05, 0) is 38.5 Å². The van der Waals surface area contributed by atoms with E-state index in [2.05, 4.69) is 29.5 Å². The van der Waals surface area contributed by atoms with E-state index in [0.29, 0.717) is 24.0 Å². The number of hydrogen-bond acceptors (Lipinski definition) is 6. The number of piperidine rings is 1. The Kier molecular flexibility index (Phi) is 4.91. The summed E-state index contributed by atoms with van der Waals surface area (Å²) in [5.74, 6) is 0.290. The molecule has 1 aliphatic heterocycles. The standard InChI is InChI=1S/C19H25N5O2S2/c1-4-11(5-2)15-22-13(9-27-15)14-10(3)21-17(28-14)23-18(26)24-7-6-12-8-19(12,24)16(20)25/h9,11-12H,4-8H2,1-3H3,(H2,20,25)(H,21,23,26)/t12-,19+/m1/s1. The molecular formula is C19H25N5O2S2. The number of aryl methyl sites for hydroxylation is 1. The minimum Gasteiger partial charge on any atom is -0.368 e. The third-order valence-electron chi connectivity index (χ3n) is 6.03. The molecule has 2 aliphatic rings. The molecule has 1 saturated heterocycles. The molecule has 3 amide bonds. The fourth-order valence-corrected chi connectivity index (χ4v) is 6.33. The number of hydrogen-bond donors (Lipinski definition) is 2. The number of anilines is 1. The summed E-state index contributed by atoms with van der Waals surface area (Å²) in [4.78, 5) is 36.5. The molecule has 0 spiro atoms. The molecule has 150 valence electrons. The number of urea groups is 1. The Bertz CT molecular complexity index is 919. The van der Waals surface area contributed by atoms with Gasteiger partial charge in [0.25, 0.3) is 0 Å².